The van der Waals surface area contributed by atoms with Gasteiger partial charge in [-0.05, 0) is 245 Å². The maximum Gasteiger partial charge on any atom is 0.165 e. The van der Waals surface area contributed by atoms with Crippen LogP contribution in [0, 0.1) is 73.1 Å². The first-order valence-electron chi connectivity index (χ1n) is 37.8. The third-order valence-corrected chi connectivity index (χ3v) is 17.5. The van der Waals surface area contributed by atoms with Gasteiger partial charge in [-0.2, -0.15) is 0 Å². The summed E-state index contributed by atoms with van der Waals surface area (Å²) >= 11 is 0. The van der Waals surface area contributed by atoms with E-state index in [1.165, 1.54) is 103 Å². The van der Waals surface area contributed by atoms with Crippen molar-refractivity contribution in [2.24, 2.45) is 28.7 Å². The molecule has 0 bridgehead atoms. The Kier molecular flexibility index (Phi) is 39.4. The van der Waals surface area contributed by atoms with Gasteiger partial charge in [0.05, 0.1) is 0 Å². The number of benzene rings is 12. The topological polar surface area (TPSA) is 198 Å². The van der Waals surface area contributed by atoms with E-state index in [9.17, 15) is 39.5 Å². The zero-order chi connectivity index (χ0) is 82.7. The smallest absolute Gasteiger partial charge is 0.165 e. The Morgan fingerprint density at radius 3 is 0.600 bits per heavy atom. The van der Waals surface area contributed by atoms with Crippen molar-refractivity contribution in [1.29, 1.82) is 0 Å². The van der Waals surface area contributed by atoms with Crippen LogP contribution in [0.4, 0.5) is 39.5 Å². The zero-order valence-corrected chi connectivity index (χ0v) is 64.9. The van der Waals surface area contributed by atoms with Crippen molar-refractivity contribution in [2.75, 3.05) is 46.3 Å². The van der Waals surface area contributed by atoms with Crippen LogP contribution in [0.1, 0.15) is 125 Å². The maximum absolute atomic E-state index is 13.6. The van der Waals surface area contributed by atoms with E-state index in [0.29, 0.717) is 81.5 Å². The molecule has 0 amide bonds. The molecule has 0 radical (unpaired) electrons. The largest absolute Gasteiger partial charge is 0.485 e. The van der Waals surface area contributed by atoms with Gasteiger partial charge in [-0.25, -0.2) is 39.5 Å². The Morgan fingerprint density at radius 2 is 0.417 bits per heavy atom. The number of rotatable bonds is 31. The van der Waals surface area contributed by atoms with Crippen LogP contribution >= 0.6 is 0 Å². The lowest BCUT2D eigenvalue weighted by molar-refractivity contribution is 0.188. The van der Waals surface area contributed by atoms with Gasteiger partial charge in [-0.3, -0.25) is 0 Å². The molecule has 0 aliphatic heterocycles. The van der Waals surface area contributed by atoms with E-state index >= 15 is 0 Å². The Labute approximate surface area is 669 Å². The van der Waals surface area contributed by atoms with E-state index in [2.05, 4.69) is 5.32 Å². The van der Waals surface area contributed by atoms with Gasteiger partial charge >= 0.3 is 0 Å². The summed E-state index contributed by atoms with van der Waals surface area (Å²) in [5, 5.41) is 3.11. The number of hydrogen-bond donors (Lipinski definition) is 6. The minimum absolute atomic E-state index is 0.144. The molecule has 11 N–H and O–H groups in total. The molecule has 12 rings (SSSR count). The minimum Gasteiger partial charge on any atom is -0.485 e. The standard InChI is InChI=1S/C17H20FNO.2C16H18FNO.3C15H15F2NO/c1-13-6-3-4-9-16(13)20-17(10-11-19-2)14-7-5-8-15(18)12-14;2*1-12-5-2-3-8-15(12)19-16(9-10-18)13-6-4-7-14(17)11-13;3*16-12-5-3-4-11(10-12)14(8-9-18)19-15-7-2-1-6-13(15)17/h3-9,12,17,19H,10-11H2,1-2H3;2*2-8,11,16H,9-10,18H2,1H3;3*1-7,10,14H,8-9,18H2/t17-;16-;;2*14-;/m00.10./s1. The predicted molar refractivity (Wildman–Crippen MR) is 438 cm³/mol. The normalized spacial score (nSPS) is 12.2. The van der Waals surface area contributed by atoms with Gasteiger partial charge in [0.1, 0.15) is 88.8 Å². The highest BCUT2D eigenvalue weighted by atomic mass is 19.2. The fourth-order valence-corrected chi connectivity index (χ4v) is 11.6. The zero-order valence-electron chi connectivity index (χ0n) is 64.9. The Hall–Kier alpha value is -11.4. The van der Waals surface area contributed by atoms with Gasteiger partial charge in [-0.15, -0.1) is 0 Å². The third kappa shape index (κ3) is 31.5. The van der Waals surface area contributed by atoms with Gasteiger partial charge in [0.15, 0.2) is 34.7 Å². The monoisotopic (exact) mass is 1580 g/mol. The molecule has 0 aliphatic rings. The van der Waals surface area contributed by atoms with Crippen molar-refractivity contribution in [1.82, 2.24) is 5.32 Å². The Bertz CT molecular complexity index is 4240. The number of nitrogens with two attached hydrogens (primary N) is 5. The third-order valence-electron chi connectivity index (χ3n) is 17.5. The molecule has 21 heteroatoms. The first-order valence-corrected chi connectivity index (χ1v) is 37.8. The van der Waals surface area contributed by atoms with E-state index in [-0.39, 0.29) is 70.5 Å². The molecule has 0 saturated carbocycles. The highest BCUT2D eigenvalue weighted by Gasteiger charge is 2.22. The van der Waals surface area contributed by atoms with Crippen LogP contribution in [-0.2, 0) is 0 Å². The molecule has 2 unspecified atom stereocenters. The summed E-state index contributed by atoms with van der Waals surface area (Å²) in [7, 11) is 1.90. The van der Waals surface area contributed by atoms with Gasteiger partial charge in [0.2, 0.25) is 0 Å². The molecule has 115 heavy (non-hydrogen) atoms. The first-order chi connectivity index (χ1) is 55.7. The van der Waals surface area contributed by atoms with Crippen LogP contribution in [0.3, 0.4) is 0 Å². The molecule has 0 spiro atoms. The summed E-state index contributed by atoms with van der Waals surface area (Å²) in [5.74, 6) is -0.229. The molecule has 606 valence electrons. The number of hydrogen-bond acceptors (Lipinski definition) is 12. The minimum atomic E-state index is -0.461. The lowest BCUT2D eigenvalue weighted by Crippen LogP contribution is -2.16. The van der Waals surface area contributed by atoms with E-state index in [4.69, 9.17) is 57.1 Å². The lowest BCUT2D eigenvalue weighted by atomic mass is 10.1. The molecule has 12 aromatic carbocycles. The van der Waals surface area contributed by atoms with E-state index in [1.807, 2.05) is 119 Å². The molecule has 0 saturated heterocycles. The van der Waals surface area contributed by atoms with Gasteiger partial charge in [-0.1, -0.05) is 164 Å². The number of nitrogens with one attached hydrogen (secondary N) is 1. The Balaban J connectivity index is 0.000000191. The quantitative estimate of drug-likeness (QED) is 0.0225. The van der Waals surface area contributed by atoms with Crippen LogP contribution in [0.5, 0.6) is 34.5 Å². The summed E-state index contributed by atoms with van der Waals surface area (Å²) < 4.78 is 155. The SMILES string of the molecule is CNCC[C@H](Oc1ccccc1C)c1cccc(F)c1.Cc1ccccc1OC(CCN)c1cccc(F)c1.Cc1ccccc1O[C@@H](CCN)c1cccc(F)c1.NCCC(Oc1ccccc1F)c1cccc(F)c1.NCC[C@@H](Oc1ccccc1F)c1cccc(F)c1.NCC[C@H](Oc1ccccc1F)c1cccc(F)c1. The summed E-state index contributed by atoms with van der Waals surface area (Å²) in [6.45, 7) is 8.89. The number of aryl methyl sites for hydroxylation is 3. The van der Waals surface area contributed by atoms with E-state index < -0.39 is 35.8 Å². The molecular formula is C94H101F9N6O6. The van der Waals surface area contributed by atoms with Gasteiger partial charge in [0.25, 0.3) is 0 Å². The average Bonchev–Trinajstić information content (AvgIpc) is 0.879. The van der Waals surface area contributed by atoms with Crippen LogP contribution in [-0.4, -0.2) is 46.3 Å². The van der Waals surface area contributed by atoms with Crippen molar-refractivity contribution in [2.45, 2.75) is 95.9 Å². The molecule has 0 aliphatic carbocycles. The fraction of sp³-hybridized carbons (Fsp3) is 0.234. The molecular weight excluding hydrogens is 1480 g/mol. The van der Waals surface area contributed by atoms with Crippen LogP contribution in [0.2, 0.25) is 0 Å². The molecule has 12 nitrogen and oxygen atoms in total. The lowest BCUT2D eigenvalue weighted by Gasteiger charge is -2.21. The molecule has 12 aromatic rings. The second-order valence-electron chi connectivity index (χ2n) is 26.3. The van der Waals surface area contributed by atoms with Crippen molar-refractivity contribution in [3.8, 4) is 34.5 Å². The van der Waals surface area contributed by atoms with Crippen LogP contribution in [0.15, 0.2) is 291 Å². The van der Waals surface area contributed by atoms with Crippen molar-refractivity contribution >= 4 is 0 Å². The molecule has 6 atom stereocenters. The van der Waals surface area contributed by atoms with Crippen molar-refractivity contribution < 1.29 is 67.9 Å². The molecule has 0 heterocycles. The number of halogens is 9. The second-order valence-corrected chi connectivity index (χ2v) is 26.3. The fourth-order valence-electron chi connectivity index (χ4n) is 11.6. The Morgan fingerprint density at radius 1 is 0.235 bits per heavy atom. The number of para-hydroxylation sites is 6. The van der Waals surface area contributed by atoms with Crippen LogP contribution < -0.4 is 62.4 Å². The highest BCUT2D eigenvalue weighted by Crippen LogP contribution is 2.34. The molecule has 0 aromatic heterocycles. The summed E-state index contributed by atoms with van der Waals surface area (Å²) in [6, 6.07) is 79.6. The predicted octanol–water partition coefficient (Wildman–Crippen LogP) is 21.4. The van der Waals surface area contributed by atoms with Crippen molar-refractivity contribution in [3.05, 3.63) is 394 Å². The second kappa shape index (κ2) is 49.9. The maximum atomic E-state index is 13.6. The van der Waals surface area contributed by atoms with E-state index in [0.717, 1.165) is 63.6 Å². The van der Waals surface area contributed by atoms with Crippen LogP contribution in [0.25, 0.3) is 0 Å². The van der Waals surface area contributed by atoms with E-state index in [1.54, 1.807) is 97.1 Å². The van der Waals surface area contributed by atoms with Crippen molar-refractivity contribution in [3.63, 3.8) is 0 Å². The van der Waals surface area contributed by atoms with Gasteiger partial charge < -0.3 is 62.4 Å². The molecule has 0 fully saturated rings. The highest BCUT2D eigenvalue weighted by molar-refractivity contribution is 5.37. The summed E-state index contributed by atoms with van der Waals surface area (Å²) in [4.78, 5) is 0. The summed E-state index contributed by atoms with van der Waals surface area (Å²) in [6.07, 6.45) is 1.56. The average molecular weight is 1580 g/mol. The van der Waals surface area contributed by atoms with Gasteiger partial charge in [0, 0.05) is 38.5 Å². The summed E-state index contributed by atoms with van der Waals surface area (Å²) in [5.41, 5.74) is 35.5. The number of ether oxygens (including phenoxy) is 6. The first kappa shape index (κ1) is 90.8.